The van der Waals surface area contributed by atoms with E-state index in [-0.39, 0.29) is 24.0 Å². The Morgan fingerprint density at radius 3 is 2.59 bits per heavy atom. The first-order chi connectivity index (χ1) is 13.2. The number of anilines is 1. The van der Waals surface area contributed by atoms with Crippen molar-refractivity contribution in [3.63, 3.8) is 0 Å². The Labute approximate surface area is 154 Å². The van der Waals surface area contributed by atoms with Crippen LogP contribution in [0.2, 0.25) is 0 Å². The van der Waals surface area contributed by atoms with Gasteiger partial charge in [-0.25, -0.2) is 9.97 Å². The molecule has 1 aromatic carbocycles. The molecular formula is C19H14N6O2. The molecule has 0 aliphatic rings. The minimum absolute atomic E-state index is 0.125. The third-order valence-corrected chi connectivity index (χ3v) is 3.60. The number of benzene rings is 1. The maximum Gasteiger partial charge on any atom is 0.270 e. The molecule has 2 heterocycles. The van der Waals surface area contributed by atoms with Crippen molar-refractivity contribution in [2.75, 3.05) is 5.32 Å². The highest BCUT2D eigenvalue weighted by Crippen LogP contribution is 2.08. The summed E-state index contributed by atoms with van der Waals surface area (Å²) in [5.74, 6) is -0.577. The molecule has 8 heteroatoms. The van der Waals surface area contributed by atoms with Crippen LogP contribution in [0, 0.1) is 11.3 Å². The van der Waals surface area contributed by atoms with Gasteiger partial charge in [0.15, 0.2) is 0 Å². The number of carbonyl (C=O) groups excluding carboxylic acids is 2. The van der Waals surface area contributed by atoms with Gasteiger partial charge in [0.25, 0.3) is 11.8 Å². The van der Waals surface area contributed by atoms with Crippen LogP contribution in [0.5, 0.6) is 0 Å². The maximum absolute atomic E-state index is 12.3. The summed E-state index contributed by atoms with van der Waals surface area (Å²) in [4.78, 5) is 36.2. The first-order valence-electron chi connectivity index (χ1n) is 7.96. The number of hydrogen-bond acceptors (Lipinski definition) is 6. The monoisotopic (exact) mass is 358 g/mol. The van der Waals surface area contributed by atoms with E-state index in [9.17, 15) is 9.59 Å². The van der Waals surface area contributed by atoms with E-state index < -0.39 is 5.91 Å². The van der Waals surface area contributed by atoms with Crippen molar-refractivity contribution in [1.82, 2.24) is 20.3 Å². The number of rotatable bonds is 5. The molecular weight excluding hydrogens is 344 g/mol. The van der Waals surface area contributed by atoms with E-state index in [1.807, 2.05) is 6.07 Å². The van der Waals surface area contributed by atoms with E-state index in [1.54, 1.807) is 42.6 Å². The van der Waals surface area contributed by atoms with Gasteiger partial charge < -0.3 is 10.6 Å². The van der Waals surface area contributed by atoms with Gasteiger partial charge in [-0.05, 0) is 29.8 Å². The number of nitrogens with zero attached hydrogens (tertiary/aromatic N) is 4. The van der Waals surface area contributed by atoms with Gasteiger partial charge >= 0.3 is 0 Å². The fourth-order valence-corrected chi connectivity index (χ4v) is 2.21. The first kappa shape index (κ1) is 17.7. The number of carbonyl (C=O) groups is 2. The van der Waals surface area contributed by atoms with Gasteiger partial charge in [-0.15, -0.1) is 0 Å². The van der Waals surface area contributed by atoms with Gasteiger partial charge in [0, 0.05) is 25.0 Å². The van der Waals surface area contributed by atoms with Gasteiger partial charge in [-0.2, -0.15) is 5.26 Å². The number of nitriles is 1. The average Bonchev–Trinajstić information content (AvgIpc) is 2.73. The van der Waals surface area contributed by atoms with Gasteiger partial charge in [0.1, 0.15) is 17.8 Å². The molecule has 0 fully saturated rings. The molecule has 0 radical (unpaired) electrons. The van der Waals surface area contributed by atoms with E-state index in [0.717, 1.165) is 5.56 Å². The van der Waals surface area contributed by atoms with Crippen LogP contribution in [0.3, 0.4) is 0 Å². The topological polar surface area (TPSA) is 121 Å². The minimum atomic E-state index is -0.404. The van der Waals surface area contributed by atoms with Gasteiger partial charge in [-0.1, -0.05) is 12.1 Å². The van der Waals surface area contributed by atoms with Crippen molar-refractivity contribution in [3.05, 3.63) is 83.6 Å². The number of aromatic nitrogens is 3. The zero-order valence-corrected chi connectivity index (χ0v) is 14.1. The molecule has 0 unspecified atom stereocenters. The summed E-state index contributed by atoms with van der Waals surface area (Å²) in [6, 6.07) is 13.6. The number of amides is 2. The normalized spacial score (nSPS) is 9.89. The van der Waals surface area contributed by atoms with Crippen LogP contribution in [0.1, 0.15) is 32.0 Å². The highest BCUT2D eigenvalue weighted by atomic mass is 16.2. The van der Waals surface area contributed by atoms with Crippen LogP contribution >= 0.6 is 0 Å². The first-order valence-corrected chi connectivity index (χ1v) is 7.96. The van der Waals surface area contributed by atoms with E-state index in [2.05, 4.69) is 25.6 Å². The van der Waals surface area contributed by atoms with Gasteiger partial charge in [-0.3, -0.25) is 14.6 Å². The van der Waals surface area contributed by atoms with Crippen molar-refractivity contribution in [1.29, 1.82) is 5.26 Å². The third kappa shape index (κ3) is 4.70. The molecule has 2 aromatic heterocycles. The van der Waals surface area contributed by atoms with E-state index in [4.69, 9.17) is 5.26 Å². The molecule has 0 saturated heterocycles. The second-order valence-corrected chi connectivity index (χ2v) is 5.48. The highest BCUT2D eigenvalue weighted by molar-refractivity contribution is 6.04. The lowest BCUT2D eigenvalue weighted by Gasteiger charge is -2.07. The minimum Gasteiger partial charge on any atom is -0.347 e. The summed E-state index contributed by atoms with van der Waals surface area (Å²) < 4.78 is 0. The van der Waals surface area contributed by atoms with Crippen LogP contribution in [0.15, 0.2) is 61.2 Å². The second kappa shape index (κ2) is 8.31. The Balaban J connectivity index is 1.63. The van der Waals surface area contributed by atoms with Crippen LogP contribution < -0.4 is 10.6 Å². The van der Waals surface area contributed by atoms with E-state index in [0.29, 0.717) is 11.1 Å². The number of pyridine rings is 1. The zero-order chi connectivity index (χ0) is 19.1. The zero-order valence-electron chi connectivity index (χ0n) is 14.1. The van der Waals surface area contributed by atoms with E-state index >= 15 is 0 Å². The second-order valence-electron chi connectivity index (χ2n) is 5.48. The summed E-state index contributed by atoms with van der Waals surface area (Å²) in [6.07, 6.45) is 4.20. The average molecular weight is 358 g/mol. The lowest BCUT2D eigenvalue weighted by atomic mass is 10.1. The number of nitrogens with one attached hydrogen (secondary N) is 2. The molecule has 2 N–H and O–H groups in total. The van der Waals surface area contributed by atoms with Crippen molar-refractivity contribution in [2.24, 2.45) is 0 Å². The number of hydrogen-bond donors (Lipinski definition) is 2. The Hall–Kier alpha value is -4.12. The molecule has 0 spiro atoms. The van der Waals surface area contributed by atoms with Crippen molar-refractivity contribution in [2.45, 2.75) is 6.54 Å². The largest absolute Gasteiger partial charge is 0.347 e. The SMILES string of the molecule is N#Cc1ccc(CNC(=O)c2cc(NC(=O)c3cccnc3)ncn2)cc1. The molecule has 132 valence electrons. The predicted molar refractivity (Wildman–Crippen MR) is 96.5 cm³/mol. The predicted octanol–water partition coefficient (Wildman–Crippen LogP) is 1.93. The van der Waals surface area contributed by atoms with Crippen molar-refractivity contribution >= 4 is 17.6 Å². The molecule has 0 saturated carbocycles. The fourth-order valence-electron chi connectivity index (χ4n) is 2.21. The Morgan fingerprint density at radius 1 is 1.07 bits per heavy atom. The van der Waals surface area contributed by atoms with E-state index in [1.165, 1.54) is 18.6 Å². The quantitative estimate of drug-likeness (QED) is 0.719. The van der Waals surface area contributed by atoms with Crippen LogP contribution in [0.25, 0.3) is 0 Å². The molecule has 0 aliphatic heterocycles. The molecule has 0 aliphatic carbocycles. The van der Waals surface area contributed by atoms with Crippen LogP contribution in [-0.2, 0) is 6.54 Å². The molecule has 2 amide bonds. The van der Waals surface area contributed by atoms with Crippen molar-refractivity contribution in [3.8, 4) is 6.07 Å². The summed E-state index contributed by atoms with van der Waals surface area (Å²) in [6.45, 7) is 0.284. The fraction of sp³-hybridized carbons (Fsp3) is 0.0526. The summed E-state index contributed by atoms with van der Waals surface area (Å²) in [5, 5.41) is 14.1. The molecule has 8 nitrogen and oxygen atoms in total. The Kier molecular flexibility index (Phi) is 5.45. The smallest absolute Gasteiger partial charge is 0.270 e. The summed E-state index contributed by atoms with van der Waals surface area (Å²) in [7, 11) is 0. The third-order valence-electron chi connectivity index (χ3n) is 3.60. The lowest BCUT2D eigenvalue weighted by molar-refractivity contribution is 0.0944. The Morgan fingerprint density at radius 2 is 1.89 bits per heavy atom. The van der Waals surface area contributed by atoms with Crippen molar-refractivity contribution < 1.29 is 9.59 Å². The van der Waals surface area contributed by atoms with Gasteiger partial charge in [0.05, 0.1) is 17.2 Å². The molecule has 3 aromatic rings. The molecule has 0 bridgehead atoms. The molecule has 3 rings (SSSR count). The van der Waals surface area contributed by atoms with Crippen LogP contribution in [0.4, 0.5) is 5.82 Å². The van der Waals surface area contributed by atoms with Crippen LogP contribution in [-0.4, -0.2) is 26.8 Å². The Bertz CT molecular complexity index is 997. The molecule has 27 heavy (non-hydrogen) atoms. The lowest BCUT2D eigenvalue weighted by Crippen LogP contribution is -2.24. The molecule has 0 atom stereocenters. The standard InChI is InChI=1S/C19H14N6O2/c20-9-13-3-5-14(6-4-13)10-22-19(27)16-8-17(24-12-23-16)25-18(26)15-2-1-7-21-11-15/h1-8,11-12H,10H2,(H,22,27)(H,23,24,25,26). The summed E-state index contributed by atoms with van der Waals surface area (Å²) >= 11 is 0. The summed E-state index contributed by atoms with van der Waals surface area (Å²) in [5.41, 5.74) is 1.90. The highest BCUT2D eigenvalue weighted by Gasteiger charge is 2.11. The maximum atomic E-state index is 12.3. The van der Waals surface area contributed by atoms with Gasteiger partial charge in [0.2, 0.25) is 0 Å².